The number of hydrogen-bond acceptors (Lipinski definition) is 5. The standard InChI is InChI=1S/C42H24N4O/c1-2-8-28-22-29(14-12-25(28)6-1)40-44-41(46-42(45-40)34-10-5-11-38-39(34)36-24-43-21-20-37(36)47-38)30-15-13-27-17-18-32-31-9-4-3-7-26(31)16-19-33(32)35(27)23-30/h1-24H. The van der Waals surface area contributed by atoms with Gasteiger partial charge in [-0.05, 0) is 67.4 Å². The zero-order valence-corrected chi connectivity index (χ0v) is 25.1. The molecule has 5 heteroatoms. The highest BCUT2D eigenvalue weighted by molar-refractivity contribution is 6.17. The van der Waals surface area contributed by atoms with Gasteiger partial charge in [0.15, 0.2) is 17.5 Å². The Hall–Kier alpha value is -6.46. The minimum absolute atomic E-state index is 0.583. The first-order valence-corrected chi connectivity index (χ1v) is 15.6. The van der Waals surface area contributed by atoms with E-state index in [1.165, 1.54) is 32.3 Å². The van der Waals surface area contributed by atoms with E-state index < -0.39 is 0 Å². The number of hydrogen-bond donors (Lipinski definition) is 0. The van der Waals surface area contributed by atoms with Crippen molar-refractivity contribution in [1.29, 1.82) is 0 Å². The van der Waals surface area contributed by atoms with Crippen LogP contribution < -0.4 is 0 Å². The second-order valence-electron chi connectivity index (χ2n) is 11.9. The molecule has 0 saturated heterocycles. The first kappa shape index (κ1) is 25.8. The summed E-state index contributed by atoms with van der Waals surface area (Å²) < 4.78 is 6.20. The largest absolute Gasteiger partial charge is 0.456 e. The fourth-order valence-electron chi connectivity index (χ4n) is 6.90. The van der Waals surface area contributed by atoms with Crippen LogP contribution in [0.4, 0.5) is 0 Å². The van der Waals surface area contributed by atoms with E-state index in [4.69, 9.17) is 19.4 Å². The lowest BCUT2D eigenvalue weighted by atomic mass is 9.96. The van der Waals surface area contributed by atoms with E-state index in [1.54, 1.807) is 6.20 Å². The monoisotopic (exact) mass is 600 g/mol. The van der Waals surface area contributed by atoms with Crippen molar-refractivity contribution in [2.45, 2.75) is 0 Å². The number of benzene rings is 7. The van der Waals surface area contributed by atoms with Gasteiger partial charge in [-0.25, -0.2) is 15.0 Å². The molecule has 0 aliphatic heterocycles. The van der Waals surface area contributed by atoms with Crippen molar-refractivity contribution >= 4 is 65.0 Å². The quantitative estimate of drug-likeness (QED) is 0.189. The lowest BCUT2D eigenvalue weighted by Crippen LogP contribution is -2.00. The molecule has 47 heavy (non-hydrogen) atoms. The highest BCUT2D eigenvalue weighted by Crippen LogP contribution is 2.37. The molecule has 0 saturated carbocycles. The summed E-state index contributed by atoms with van der Waals surface area (Å²) >= 11 is 0. The molecule has 0 atom stereocenters. The fraction of sp³-hybridized carbons (Fsp3) is 0. The predicted octanol–water partition coefficient (Wildman–Crippen LogP) is 10.8. The Labute approximate surface area is 268 Å². The Balaban J connectivity index is 1.24. The van der Waals surface area contributed by atoms with Gasteiger partial charge in [0.25, 0.3) is 0 Å². The third-order valence-electron chi connectivity index (χ3n) is 9.18. The SMILES string of the molecule is c1ccc2cc(-c3nc(-c4ccc5ccc6c7ccccc7ccc6c5c4)nc(-c4cccc5oc6ccncc6c45)n3)ccc2c1. The molecule has 0 amide bonds. The summed E-state index contributed by atoms with van der Waals surface area (Å²) in [6.07, 6.45) is 3.59. The van der Waals surface area contributed by atoms with Gasteiger partial charge in [0.05, 0.1) is 0 Å². The average molecular weight is 601 g/mol. The molecule has 3 heterocycles. The summed E-state index contributed by atoms with van der Waals surface area (Å²) in [5, 5.41) is 11.4. The fourth-order valence-corrected chi connectivity index (χ4v) is 6.90. The van der Waals surface area contributed by atoms with Crippen LogP contribution in [0, 0.1) is 0 Å². The molecule has 0 bridgehead atoms. The maximum atomic E-state index is 6.20. The van der Waals surface area contributed by atoms with Gasteiger partial charge in [-0.1, -0.05) is 109 Å². The Morgan fingerprint density at radius 1 is 0.404 bits per heavy atom. The summed E-state index contributed by atoms with van der Waals surface area (Å²) in [5.41, 5.74) is 4.27. The van der Waals surface area contributed by atoms with Crippen LogP contribution in [0.5, 0.6) is 0 Å². The second-order valence-corrected chi connectivity index (χ2v) is 11.9. The minimum Gasteiger partial charge on any atom is -0.456 e. The van der Waals surface area contributed by atoms with Crippen LogP contribution in [0.3, 0.4) is 0 Å². The highest BCUT2D eigenvalue weighted by Gasteiger charge is 2.18. The van der Waals surface area contributed by atoms with Gasteiger partial charge in [0.1, 0.15) is 11.2 Å². The van der Waals surface area contributed by atoms with E-state index in [0.717, 1.165) is 49.4 Å². The smallest absolute Gasteiger partial charge is 0.164 e. The molecule has 0 N–H and O–H groups in total. The molecule has 218 valence electrons. The predicted molar refractivity (Wildman–Crippen MR) is 191 cm³/mol. The van der Waals surface area contributed by atoms with E-state index in [9.17, 15) is 0 Å². The van der Waals surface area contributed by atoms with Crippen molar-refractivity contribution in [1.82, 2.24) is 19.9 Å². The molecule has 0 fully saturated rings. The maximum Gasteiger partial charge on any atom is 0.164 e. The van der Waals surface area contributed by atoms with E-state index in [2.05, 4.69) is 114 Å². The zero-order chi connectivity index (χ0) is 30.9. The first-order valence-electron chi connectivity index (χ1n) is 15.6. The summed E-state index contributed by atoms with van der Waals surface area (Å²) in [7, 11) is 0. The molecule has 0 unspecified atom stereocenters. The molecule has 10 rings (SSSR count). The van der Waals surface area contributed by atoms with Crippen LogP contribution in [-0.2, 0) is 0 Å². The number of aromatic nitrogens is 4. The number of furan rings is 1. The molecule has 0 aliphatic carbocycles. The second kappa shape index (κ2) is 10.0. The molecule has 10 aromatic rings. The maximum absolute atomic E-state index is 6.20. The van der Waals surface area contributed by atoms with Crippen LogP contribution in [0.2, 0.25) is 0 Å². The van der Waals surface area contributed by atoms with Crippen molar-refractivity contribution in [3.63, 3.8) is 0 Å². The lowest BCUT2D eigenvalue weighted by Gasteiger charge is -2.12. The zero-order valence-electron chi connectivity index (χ0n) is 25.1. The topological polar surface area (TPSA) is 64.7 Å². The highest BCUT2D eigenvalue weighted by atomic mass is 16.3. The normalized spacial score (nSPS) is 11.8. The lowest BCUT2D eigenvalue weighted by molar-refractivity contribution is 0.668. The van der Waals surface area contributed by atoms with E-state index in [-0.39, 0.29) is 0 Å². The number of fused-ring (bicyclic) bond motifs is 9. The van der Waals surface area contributed by atoms with Gasteiger partial charge in [0, 0.05) is 39.9 Å². The molecule has 3 aromatic heterocycles. The Morgan fingerprint density at radius 2 is 1.06 bits per heavy atom. The minimum atomic E-state index is 0.583. The van der Waals surface area contributed by atoms with Crippen LogP contribution in [0.1, 0.15) is 0 Å². The number of nitrogens with zero attached hydrogens (tertiary/aromatic N) is 4. The number of rotatable bonds is 3. The van der Waals surface area contributed by atoms with Gasteiger partial charge in [-0.15, -0.1) is 0 Å². The Bertz CT molecular complexity index is 2870. The molecule has 0 spiro atoms. The Kier molecular flexibility index (Phi) is 5.51. The molecule has 7 aromatic carbocycles. The van der Waals surface area contributed by atoms with E-state index in [0.29, 0.717) is 17.5 Å². The molecule has 5 nitrogen and oxygen atoms in total. The summed E-state index contributed by atoms with van der Waals surface area (Å²) in [6.45, 7) is 0. The van der Waals surface area contributed by atoms with Crippen LogP contribution in [0.15, 0.2) is 150 Å². The number of pyridine rings is 1. The summed E-state index contributed by atoms with van der Waals surface area (Å²) in [4.78, 5) is 19.8. The van der Waals surface area contributed by atoms with Crippen molar-refractivity contribution in [3.05, 3.63) is 146 Å². The van der Waals surface area contributed by atoms with Gasteiger partial charge in [0.2, 0.25) is 0 Å². The third-order valence-corrected chi connectivity index (χ3v) is 9.18. The van der Waals surface area contributed by atoms with Gasteiger partial charge >= 0.3 is 0 Å². The molecular formula is C42H24N4O. The summed E-state index contributed by atoms with van der Waals surface area (Å²) in [6, 6.07) is 46.5. The molecule has 0 radical (unpaired) electrons. The summed E-state index contributed by atoms with van der Waals surface area (Å²) in [5.74, 6) is 1.81. The Morgan fingerprint density at radius 3 is 1.91 bits per heavy atom. The van der Waals surface area contributed by atoms with E-state index in [1.807, 2.05) is 30.5 Å². The van der Waals surface area contributed by atoms with Crippen LogP contribution >= 0.6 is 0 Å². The van der Waals surface area contributed by atoms with Crippen LogP contribution in [0.25, 0.3) is 99.2 Å². The van der Waals surface area contributed by atoms with Gasteiger partial charge < -0.3 is 4.42 Å². The van der Waals surface area contributed by atoms with E-state index >= 15 is 0 Å². The third kappa shape index (κ3) is 4.10. The van der Waals surface area contributed by atoms with Crippen LogP contribution in [-0.4, -0.2) is 19.9 Å². The first-order chi connectivity index (χ1) is 23.3. The molecular weight excluding hydrogens is 576 g/mol. The molecule has 0 aliphatic rings. The van der Waals surface area contributed by atoms with Gasteiger partial charge in [-0.2, -0.15) is 0 Å². The van der Waals surface area contributed by atoms with Gasteiger partial charge in [-0.3, -0.25) is 4.98 Å². The van der Waals surface area contributed by atoms with Crippen molar-refractivity contribution < 1.29 is 4.42 Å². The van der Waals surface area contributed by atoms with Crippen molar-refractivity contribution in [2.75, 3.05) is 0 Å². The van der Waals surface area contributed by atoms with Crippen molar-refractivity contribution in [3.8, 4) is 34.2 Å². The average Bonchev–Trinajstić information content (AvgIpc) is 3.53. The van der Waals surface area contributed by atoms with Crippen molar-refractivity contribution in [2.24, 2.45) is 0 Å².